The Balaban J connectivity index is 2.08. The zero-order chi connectivity index (χ0) is 15.4. The summed E-state index contributed by atoms with van der Waals surface area (Å²) in [7, 11) is 0. The molecular weight excluding hydrogens is 278 g/mol. The van der Waals surface area contributed by atoms with E-state index in [4.69, 9.17) is 5.11 Å². The van der Waals surface area contributed by atoms with Crippen molar-refractivity contribution in [2.24, 2.45) is 5.92 Å². The number of H-pyrrole nitrogens is 1. The standard InChI is InChI=1S/C13H17N3O5/c17-10-5-6-16(13(21)15-10)7-9(12(19)20)14-11(18)8-3-1-2-4-8/h5-6,8-9H,1-4,7H2,(H,14,18)(H,19,20)(H,15,17,21)/t9-/m0/s1. The maximum atomic E-state index is 12.0. The second-order valence-electron chi connectivity index (χ2n) is 5.14. The van der Waals surface area contributed by atoms with Crippen LogP contribution in [0.5, 0.6) is 0 Å². The van der Waals surface area contributed by atoms with Crippen LogP contribution in [0.1, 0.15) is 25.7 Å². The molecule has 0 saturated heterocycles. The van der Waals surface area contributed by atoms with E-state index in [-0.39, 0.29) is 18.4 Å². The Labute approximate surface area is 119 Å². The molecule has 1 saturated carbocycles. The Hall–Kier alpha value is -2.38. The van der Waals surface area contributed by atoms with E-state index in [2.05, 4.69) is 5.32 Å². The summed E-state index contributed by atoms with van der Waals surface area (Å²) < 4.78 is 1.05. The molecule has 1 heterocycles. The number of aromatic nitrogens is 2. The molecular formula is C13H17N3O5. The first-order valence-corrected chi connectivity index (χ1v) is 6.80. The van der Waals surface area contributed by atoms with E-state index < -0.39 is 23.3 Å². The van der Waals surface area contributed by atoms with Crippen molar-refractivity contribution in [3.05, 3.63) is 33.1 Å². The number of carbonyl (C=O) groups excluding carboxylic acids is 1. The zero-order valence-corrected chi connectivity index (χ0v) is 11.4. The fourth-order valence-electron chi connectivity index (χ4n) is 2.45. The number of carbonyl (C=O) groups is 2. The van der Waals surface area contributed by atoms with Crippen molar-refractivity contribution in [2.45, 2.75) is 38.3 Å². The number of aromatic amines is 1. The van der Waals surface area contributed by atoms with Gasteiger partial charge in [-0.25, -0.2) is 9.59 Å². The van der Waals surface area contributed by atoms with Crippen molar-refractivity contribution in [3.63, 3.8) is 0 Å². The summed E-state index contributed by atoms with van der Waals surface area (Å²) in [5.41, 5.74) is -1.26. The highest BCUT2D eigenvalue weighted by molar-refractivity contribution is 5.85. The summed E-state index contributed by atoms with van der Waals surface area (Å²) in [5, 5.41) is 11.6. The Morgan fingerprint density at radius 1 is 1.38 bits per heavy atom. The molecule has 0 aliphatic heterocycles. The van der Waals surface area contributed by atoms with Crippen LogP contribution >= 0.6 is 0 Å². The molecule has 1 aromatic heterocycles. The molecule has 1 atom stereocenters. The van der Waals surface area contributed by atoms with Crippen LogP contribution in [0.3, 0.4) is 0 Å². The van der Waals surface area contributed by atoms with Gasteiger partial charge in [-0.1, -0.05) is 12.8 Å². The highest BCUT2D eigenvalue weighted by Gasteiger charge is 2.27. The lowest BCUT2D eigenvalue weighted by Crippen LogP contribution is -2.47. The van der Waals surface area contributed by atoms with Crippen molar-refractivity contribution in [2.75, 3.05) is 0 Å². The van der Waals surface area contributed by atoms with Crippen molar-refractivity contribution in [1.29, 1.82) is 0 Å². The van der Waals surface area contributed by atoms with Gasteiger partial charge >= 0.3 is 11.7 Å². The number of nitrogens with zero attached hydrogens (tertiary/aromatic N) is 1. The molecule has 2 rings (SSSR count). The molecule has 8 heteroatoms. The van der Waals surface area contributed by atoms with Crippen LogP contribution in [0.25, 0.3) is 0 Å². The minimum Gasteiger partial charge on any atom is -0.480 e. The first-order chi connectivity index (χ1) is 9.97. The molecule has 3 N–H and O–H groups in total. The third kappa shape index (κ3) is 3.80. The molecule has 8 nitrogen and oxygen atoms in total. The molecule has 1 aliphatic carbocycles. The number of hydrogen-bond donors (Lipinski definition) is 3. The maximum Gasteiger partial charge on any atom is 0.328 e. The summed E-state index contributed by atoms with van der Waals surface area (Å²) in [4.78, 5) is 47.7. The van der Waals surface area contributed by atoms with Crippen molar-refractivity contribution >= 4 is 11.9 Å². The van der Waals surface area contributed by atoms with Gasteiger partial charge in [-0.3, -0.25) is 19.1 Å². The summed E-state index contributed by atoms with van der Waals surface area (Å²) in [6.45, 7) is -0.233. The van der Waals surface area contributed by atoms with E-state index in [1.165, 1.54) is 6.20 Å². The molecule has 21 heavy (non-hydrogen) atoms. The largest absolute Gasteiger partial charge is 0.480 e. The predicted molar refractivity (Wildman–Crippen MR) is 72.8 cm³/mol. The first kappa shape index (κ1) is 15.0. The molecule has 1 fully saturated rings. The first-order valence-electron chi connectivity index (χ1n) is 6.80. The second kappa shape index (κ2) is 6.38. The van der Waals surface area contributed by atoms with Crippen LogP contribution < -0.4 is 16.6 Å². The van der Waals surface area contributed by atoms with Gasteiger partial charge in [0.1, 0.15) is 6.04 Å². The van der Waals surface area contributed by atoms with E-state index in [0.29, 0.717) is 0 Å². The zero-order valence-electron chi connectivity index (χ0n) is 11.4. The Morgan fingerprint density at radius 2 is 2.05 bits per heavy atom. The number of carboxylic acids is 1. The molecule has 0 radical (unpaired) electrons. The van der Waals surface area contributed by atoms with Gasteiger partial charge in [0.15, 0.2) is 0 Å². The van der Waals surface area contributed by atoms with Crippen LogP contribution in [0.2, 0.25) is 0 Å². The molecule has 0 spiro atoms. The van der Waals surface area contributed by atoms with Gasteiger partial charge < -0.3 is 10.4 Å². The highest BCUT2D eigenvalue weighted by atomic mass is 16.4. The third-order valence-electron chi connectivity index (χ3n) is 3.62. The van der Waals surface area contributed by atoms with Crippen LogP contribution in [0, 0.1) is 5.92 Å². The van der Waals surface area contributed by atoms with Crippen molar-refractivity contribution < 1.29 is 14.7 Å². The summed E-state index contributed by atoms with van der Waals surface area (Å²) >= 11 is 0. The van der Waals surface area contributed by atoms with E-state index in [1.54, 1.807) is 0 Å². The summed E-state index contributed by atoms with van der Waals surface area (Å²) in [5.74, 6) is -1.67. The summed E-state index contributed by atoms with van der Waals surface area (Å²) in [6, 6.07) is -0.0826. The number of aliphatic carboxylic acids is 1. The SMILES string of the molecule is O=C(N[C@@H](Cn1ccc(=O)[nH]c1=O)C(=O)O)C1CCCC1. The normalized spacial score (nSPS) is 16.6. The Kier molecular flexibility index (Phi) is 4.56. The highest BCUT2D eigenvalue weighted by Crippen LogP contribution is 2.24. The molecule has 0 aromatic carbocycles. The Bertz CT molecular complexity index is 642. The van der Waals surface area contributed by atoms with Crippen molar-refractivity contribution in [3.8, 4) is 0 Å². The number of nitrogens with one attached hydrogen (secondary N) is 2. The quantitative estimate of drug-likeness (QED) is 0.663. The molecule has 0 unspecified atom stereocenters. The van der Waals surface area contributed by atoms with Crippen LogP contribution in [-0.2, 0) is 16.1 Å². The van der Waals surface area contributed by atoms with Gasteiger partial charge in [-0.2, -0.15) is 0 Å². The number of hydrogen-bond acceptors (Lipinski definition) is 4. The van der Waals surface area contributed by atoms with Gasteiger partial charge in [0, 0.05) is 18.2 Å². The fraction of sp³-hybridized carbons (Fsp3) is 0.538. The van der Waals surface area contributed by atoms with E-state index in [9.17, 15) is 19.2 Å². The topological polar surface area (TPSA) is 121 Å². The average Bonchev–Trinajstić information content (AvgIpc) is 2.94. The summed E-state index contributed by atoms with van der Waals surface area (Å²) in [6.07, 6.45) is 4.66. The van der Waals surface area contributed by atoms with Gasteiger partial charge in [-0.05, 0) is 12.8 Å². The molecule has 0 bridgehead atoms. The maximum absolute atomic E-state index is 12.0. The van der Waals surface area contributed by atoms with E-state index in [1.807, 2.05) is 4.98 Å². The lowest BCUT2D eigenvalue weighted by atomic mass is 10.1. The number of amides is 1. The lowest BCUT2D eigenvalue weighted by molar-refractivity contribution is -0.142. The van der Waals surface area contributed by atoms with Gasteiger partial charge in [0.2, 0.25) is 5.91 Å². The van der Waals surface area contributed by atoms with Crippen LogP contribution in [0.4, 0.5) is 0 Å². The second-order valence-corrected chi connectivity index (χ2v) is 5.14. The fourth-order valence-corrected chi connectivity index (χ4v) is 2.45. The third-order valence-corrected chi connectivity index (χ3v) is 3.62. The number of carboxylic acid groups (broad SMARTS) is 1. The minimum absolute atomic E-state index is 0.154. The smallest absolute Gasteiger partial charge is 0.328 e. The lowest BCUT2D eigenvalue weighted by Gasteiger charge is -2.18. The van der Waals surface area contributed by atoms with E-state index >= 15 is 0 Å². The van der Waals surface area contributed by atoms with E-state index in [0.717, 1.165) is 36.3 Å². The molecule has 1 aliphatic rings. The average molecular weight is 295 g/mol. The van der Waals surface area contributed by atoms with Crippen molar-refractivity contribution in [1.82, 2.24) is 14.9 Å². The van der Waals surface area contributed by atoms with Crippen LogP contribution in [0.15, 0.2) is 21.9 Å². The minimum atomic E-state index is -1.22. The van der Waals surface area contributed by atoms with Gasteiger partial charge in [-0.15, -0.1) is 0 Å². The predicted octanol–water partition coefficient (Wildman–Crippen LogP) is -0.704. The Morgan fingerprint density at radius 3 is 2.62 bits per heavy atom. The monoisotopic (exact) mass is 295 g/mol. The van der Waals surface area contributed by atoms with Crippen LogP contribution in [-0.4, -0.2) is 32.6 Å². The molecule has 1 aromatic rings. The van der Waals surface area contributed by atoms with Gasteiger partial charge in [0.05, 0.1) is 6.54 Å². The number of rotatable bonds is 5. The molecule has 114 valence electrons. The molecule has 1 amide bonds. The van der Waals surface area contributed by atoms with Gasteiger partial charge in [0.25, 0.3) is 5.56 Å².